The third-order valence-corrected chi connectivity index (χ3v) is 4.74. The molecule has 0 atom stereocenters. The molecule has 0 saturated carbocycles. The van der Waals surface area contributed by atoms with Crippen LogP contribution in [0.2, 0.25) is 0 Å². The van der Waals surface area contributed by atoms with Gasteiger partial charge in [-0.1, -0.05) is 6.07 Å². The summed E-state index contributed by atoms with van der Waals surface area (Å²) in [5.74, 6) is -2.30. The van der Waals surface area contributed by atoms with E-state index in [0.717, 1.165) is 24.3 Å². The Morgan fingerprint density at radius 1 is 0.447 bits per heavy atom. The number of nitrogens with two attached hydrogens (primary N) is 2. The minimum Gasteiger partial charge on any atom is -0.457 e. The molecule has 0 aromatic heterocycles. The molecule has 206 valence electrons. The van der Waals surface area contributed by atoms with E-state index in [-0.39, 0.29) is 23.6 Å². The van der Waals surface area contributed by atoms with E-state index in [4.69, 9.17) is 20.9 Å². The van der Waals surface area contributed by atoms with Gasteiger partial charge in [-0.05, 0) is 24.3 Å². The molecule has 3 aromatic carbocycles. The molecule has 16 heteroatoms. The molecule has 0 bridgehead atoms. The van der Waals surface area contributed by atoms with E-state index in [1.54, 1.807) is 0 Å². The molecular weight excluding hydrogens is 552 g/mol. The van der Waals surface area contributed by atoms with Crippen LogP contribution >= 0.6 is 0 Å². The number of hydrogen-bond donors (Lipinski definition) is 2. The van der Waals surface area contributed by atoms with Gasteiger partial charge in [-0.25, -0.2) is 0 Å². The van der Waals surface area contributed by atoms with Crippen molar-refractivity contribution in [3.05, 3.63) is 70.8 Å². The zero-order valence-electron chi connectivity index (χ0n) is 18.1. The van der Waals surface area contributed by atoms with Crippen LogP contribution in [0.3, 0.4) is 0 Å². The number of benzene rings is 3. The smallest absolute Gasteiger partial charge is 0.418 e. The molecule has 0 aliphatic carbocycles. The summed E-state index contributed by atoms with van der Waals surface area (Å²) in [4.78, 5) is 0. The third-order valence-electron chi connectivity index (χ3n) is 4.74. The van der Waals surface area contributed by atoms with E-state index in [1.807, 2.05) is 0 Å². The van der Waals surface area contributed by atoms with Gasteiger partial charge in [-0.2, -0.15) is 52.7 Å². The third kappa shape index (κ3) is 6.28. The predicted molar refractivity (Wildman–Crippen MR) is 108 cm³/mol. The van der Waals surface area contributed by atoms with Crippen molar-refractivity contribution >= 4 is 11.4 Å². The maximum atomic E-state index is 13.2. The van der Waals surface area contributed by atoms with Crippen LogP contribution < -0.4 is 20.9 Å². The lowest BCUT2D eigenvalue weighted by Crippen LogP contribution is -2.19. The Labute approximate surface area is 204 Å². The Bertz CT molecular complexity index is 1240. The maximum Gasteiger partial charge on any atom is 0.418 e. The Morgan fingerprint density at radius 2 is 0.789 bits per heavy atom. The molecule has 0 radical (unpaired) electrons. The van der Waals surface area contributed by atoms with Crippen LogP contribution in [0.15, 0.2) is 48.5 Å². The molecule has 0 heterocycles. The van der Waals surface area contributed by atoms with Gasteiger partial charge in [-0.15, -0.1) is 0 Å². The maximum absolute atomic E-state index is 13.2. The van der Waals surface area contributed by atoms with Crippen molar-refractivity contribution in [2.24, 2.45) is 0 Å². The highest BCUT2D eigenvalue weighted by molar-refractivity contribution is 5.60. The summed E-state index contributed by atoms with van der Waals surface area (Å²) in [6.45, 7) is 0. The lowest BCUT2D eigenvalue weighted by Gasteiger charge is -2.19. The largest absolute Gasteiger partial charge is 0.457 e. The molecule has 0 spiro atoms. The second kappa shape index (κ2) is 9.40. The Hall–Kier alpha value is -3.98. The van der Waals surface area contributed by atoms with Crippen LogP contribution in [-0.2, 0) is 24.7 Å². The molecule has 0 saturated heterocycles. The highest BCUT2D eigenvalue weighted by Gasteiger charge is 2.46. The molecule has 3 aromatic rings. The lowest BCUT2D eigenvalue weighted by molar-refractivity contribution is -0.161. The average Bonchev–Trinajstić information content (AvgIpc) is 2.70. The van der Waals surface area contributed by atoms with Gasteiger partial charge in [-0.3, -0.25) is 0 Å². The number of anilines is 2. The first-order valence-electron chi connectivity index (χ1n) is 9.79. The van der Waals surface area contributed by atoms with Crippen molar-refractivity contribution in [2.75, 3.05) is 11.5 Å². The van der Waals surface area contributed by atoms with Crippen LogP contribution in [0.5, 0.6) is 23.0 Å². The minimum absolute atomic E-state index is 0.0406. The monoisotopic (exact) mass is 564 g/mol. The quantitative estimate of drug-likeness (QED) is 0.246. The zero-order chi connectivity index (χ0) is 28.8. The molecule has 0 unspecified atom stereocenters. The van der Waals surface area contributed by atoms with Gasteiger partial charge in [0, 0.05) is 29.6 Å². The van der Waals surface area contributed by atoms with Gasteiger partial charge in [0.1, 0.15) is 23.0 Å². The van der Waals surface area contributed by atoms with Gasteiger partial charge in [0.05, 0.1) is 22.3 Å². The summed E-state index contributed by atoms with van der Waals surface area (Å²) in [5.41, 5.74) is -0.740. The van der Waals surface area contributed by atoms with Gasteiger partial charge in [0.2, 0.25) is 0 Å². The number of nitrogen functional groups attached to an aromatic ring is 2. The molecule has 38 heavy (non-hydrogen) atoms. The second-order valence-corrected chi connectivity index (χ2v) is 7.54. The summed E-state index contributed by atoms with van der Waals surface area (Å²) >= 11 is 0. The van der Waals surface area contributed by atoms with Gasteiger partial charge >= 0.3 is 24.7 Å². The zero-order valence-corrected chi connectivity index (χ0v) is 18.1. The van der Waals surface area contributed by atoms with E-state index >= 15 is 0 Å². The minimum atomic E-state index is -5.47. The molecule has 0 fully saturated rings. The van der Waals surface area contributed by atoms with Gasteiger partial charge in [0.25, 0.3) is 0 Å². The van der Waals surface area contributed by atoms with Crippen molar-refractivity contribution in [3.8, 4) is 23.0 Å². The van der Waals surface area contributed by atoms with Crippen LogP contribution in [0, 0.1) is 0 Å². The van der Waals surface area contributed by atoms with Crippen molar-refractivity contribution in [2.45, 2.75) is 24.7 Å². The molecule has 4 nitrogen and oxygen atoms in total. The summed E-state index contributed by atoms with van der Waals surface area (Å²) in [6.07, 6.45) is -21.8. The number of ether oxygens (including phenoxy) is 2. The van der Waals surface area contributed by atoms with E-state index < -0.39 is 69.8 Å². The lowest BCUT2D eigenvalue weighted by atomic mass is 10.0. The SMILES string of the molecule is Nc1cc(Oc2cccc(Oc3cc(N)c(C(F)(F)F)c(C(F)(F)F)c3)c2)cc(C(F)(F)F)c1C(F)(F)F. The van der Waals surface area contributed by atoms with Crippen molar-refractivity contribution in [3.63, 3.8) is 0 Å². The van der Waals surface area contributed by atoms with E-state index in [9.17, 15) is 52.7 Å². The van der Waals surface area contributed by atoms with Crippen LogP contribution in [-0.4, -0.2) is 0 Å². The van der Waals surface area contributed by atoms with Crippen molar-refractivity contribution in [1.29, 1.82) is 0 Å². The number of hydrogen-bond acceptors (Lipinski definition) is 4. The molecular formula is C22H12F12N2O2. The van der Waals surface area contributed by atoms with Crippen molar-refractivity contribution < 1.29 is 62.2 Å². The summed E-state index contributed by atoms with van der Waals surface area (Å²) in [7, 11) is 0. The van der Waals surface area contributed by atoms with Crippen LogP contribution in [0.1, 0.15) is 22.3 Å². The Morgan fingerprint density at radius 3 is 1.08 bits per heavy atom. The van der Waals surface area contributed by atoms with E-state index in [0.29, 0.717) is 12.1 Å². The highest BCUT2D eigenvalue weighted by Crippen LogP contribution is 2.47. The summed E-state index contributed by atoms with van der Waals surface area (Å²) in [5, 5.41) is 0. The Balaban J connectivity index is 1.98. The van der Waals surface area contributed by atoms with Crippen molar-refractivity contribution in [1.82, 2.24) is 0 Å². The average molecular weight is 564 g/mol. The number of halogens is 12. The molecule has 4 N–H and O–H groups in total. The normalized spacial score (nSPS) is 12.9. The molecule has 0 aliphatic heterocycles. The number of rotatable bonds is 4. The first-order valence-corrected chi connectivity index (χ1v) is 9.79. The fourth-order valence-corrected chi connectivity index (χ4v) is 3.35. The fourth-order valence-electron chi connectivity index (χ4n) is 3.35. The first kappa shape index (κ1) is 28.6. The topological polar surface area (TPSA) is 70.5 Å². The summed E-state index contributed by atoms with van der Waals surface area (Å²) < 4.78 is 168. The molecule has 3 rings (SSSR count). The van der Waals surface area contributed by atoms with E-state index in [2.05, 4.69) is 0 Å². The first-order chi connectivity index (χ1) is 17.2. The molecule has 0 aliphatic rings. The number of alkyl halides is 12. The van der Waals surface area contributed by atoms with Crippen LogP contribution in [0.25, 0.3) is 0 Å². The second-order valence-electron chi connectivity index (χ2n) is 7.54. The van der Waals surface area contributed by atoms with E-state index in [1.165, 1.54) is 0 Å². The standard InChI is InChI=1S/C22H12F12N2O2/c23-19(24,25)13-5-11(7-15(35)17(13)21(29,30)31)37-9-2-1-3-10(4-9)38-12-6-14(20(26,27)28)18(16(36)8-12)22(32,33)34/h1-8H,35-36H2. The summed E-state index contributed by atoms with van der Waals surface area (Å²) in [6, 6.07) is 5.23. The van der Waals surface area contributed by atoms with Crippen LogP contribution in [0.4, 0.5) is 64.1 Å². The Kier molecular flexibility index (Phi) is 7.07. The molecule has 0 amide bonds. The fraction of sp³-hybridized carbons (Fsp3) is 0.182. The van der Waals surface area contributed by atoms with Gasteiger partial charge in [0.15, 0.2) is 0 Å². The highest BCUT2D eigenvalue weighted by atomic mass is 19.4. The predicted octanol–water partition coefficient (Wildman–Crippen LogP) is 8.51. The van der Waals surface area contributed by atoms with Gasteiger partial charge < -0.3 is 20.9 Å².